The zero-order valence-corrected chi connectivity index (χ0v) is 33.3. The molecular weight excluding hydrogens is 686 g/mol. The highest BCUT2D eigenvalue weighted by Gasteiger charge is 2.47. The highest BCUT2D eigenvalue weighted by Crippen LogP contribution is 2.39. The maximum atomic E-state index is 14.5. The SMILES string of the molecule is CCCC(CC(=O)[C@@H]1CC(C)(C)CN1C(=O)[C@@H](CC(=O)OCC(C)C)C(C)c1ccccc1)C(=O)C(=O)CCC(=O)N[C@H](C(=O)N(C)C)c1ccccc1. The van der Waals surface area contributed by atoms with E-state index in [4.69, 9.17) is 4.74 Å². The molecule has 3 rings (SSSR count). The van der Waals surface area contributed by atoms with Crippen molar-refractivity contribution < 1.29 is 38.3 Å². The van der Waals surface area contributed by atoms with Crippen molar-refractivity contribution in [3.8, 4) is 0 Å². The number of benzene rings is 2. The van der Waals surface area contributed by atoms with Crippen molar-refractivity contribution in [2.75, 3.05) is 27.2 Å². The second kappa shape index (κ2) is 20.1. The van der Waals surface area contributed by atoms with Crippen LogP contribution in [0.1, 0.15) is 110 Å². The van der Waals surface area contributed by atoms with Gasteiger partial charge in [0.25, 0.3) is 0 Å². The maximum absolute atomic E-state index is 14.5. The summed E-state index contributed by atoms with van der Waals surface area (Å²) in [5, 5.41) is 2.69. The van der Waals surface area contributed by atoms with Crippen molar-refractivity contribution in [2.24, 2.45) is 23.2 Å². The van der Waals surface area contributed by atoms with Gasteiger partial charge in [-0.05, 0) is 41.2 Å². The van der Waals surface area contributed by atoms with Gasteiger partial charge in [0.15, 0.2) is 11.6 Å². The lowest BCUT2D eigenvalue weighted by atomic mass is 9.83. The number of amides is 3. The molecule has 0 aromatic heterocycles. The molecule has 3 amide bonds. The molecule has 11 heteroatoms. The number of ether oxygens (including phenoxy) is 1. The fourth-order valence-electron chi connectivity index (χ4n) is 7.02. The molecule has 54 heavy (non-hydrogen) atoms. The summed E-state index contributed by atoms with van der Waals surface area (Å²) >= 11 is 0. The Hall–Kier alpha value is -4.67. The standard InChI is InChI=1S/C43H59N3O8/c1-9-16-32(40(51)35(47)21-22-37(49)44-39(42(53)45(7)8)31-19-14-11-15-20-31)23-36(48)34-25-43(5,6)27-46(34)41(52)33(24-38(50)54-26-28(2)3)29(4)30-17-12-10-13-18-30/h10-15,17-20,28-29,32-34,39H,9,16,21-27H2,1-8H3,(H,44,49)/t29?,32?,33-,34-,39-/m0/s1. The van der Waals surface area contributed by atoms with E-state index in [0.717, 1.165) is 5.56 Å². The van der Waals surface area contributed by atoms with Crippen molar-refractivity contribution in [3.63, 3.8) is 0 Å². The van der Waals surface area contributed by atoms with Crippen molar-refractivity contribution in [1.29, 1.82) is 0 Å². The molecule has 1 saturated heterocycles. The van der Waals surface area contributed by atoms with E-state index in [0.29, 0.717) is 24.9 Å². The number of rotatable bonds is 20. The number of hydrogen-bond acceptors (Lipinski definition) is 8. The molecule has 0 bridgehead atoms. The van der Waals surface area contributed by atoms with Crippen LogP contribution in [0.2, 0.25) is 0 Å². The average Bonchev–Trinajstić information content (AvgIpc) is 3.48. The van der Waals surface area contributed by atoms with E-state index < -0.39 is 52.8 Å². The second-order valence-corrected chi connectivity index (χ2v) is 16.0. The Labute approximate surface area is 320 Å². The molecule has 11 nitrogen and oxygen atoms in total. The smallest absolute Gasteiger partial charge is 0.306 e. The number of hydrogen-bond donors (Lipinski definition) is 1. The molecule has 2 aromatic carbocycles. The summed E-state index contributed by atoms with van der Waals surface area (Å²) < 4.78 is 5.48. The van der Waals surface area contributed by atoms with Gasteiger partial charge in [0.2, 0.25) is 23.5 Å². The minimum atomic E-state index is -0.952. The van der Waals surface area contributed by atoms with E-state index in [1.54, 1.807) is 49.3 Å². The molecule has 1 heterocycles. The van der Waals surface area contributed by atoms with E-state index >= 15 is 0 Å². The van der Waals surface area contributed by atoms with Gasteiger partial charge in [-0.1, -0.05) is 109 Å². The molecule has 1 N–H and O–H groups in total. The van der Waals surface area contributed by atoms with Crippen LogP contribution in [-0.4, -0.2) is 84.1 Å². The summed E-state index contributed by atoms with van der Waals surface area (Å²) in [7, 11) is 3.16. The summed E-state index contributed by atoms with van der Waals surface area (Å²) in [4.78, 5) is 97.1. The third kappa shape index (κ3) is 12.5. The number of nitrogens with zero attached hydrogens (tertiary/aromatic N) is 2. The molecule has 2 aromatic rings. The van der Waals surface area contributed by atoms with E-state index in [1.165, 1.54) is 4.90 Å². The summed E-state index contributed by atoms with van der Waals surface area (Å²) in [6.07, 6.45) is 0.153. The van der Waals surface area contributed by atoms with Crippen LogP contribution < -0.4 is 5.32 Å². The molecule has 0 spiro atoms. The third-order valence-corrected chi connectivity index (χ3v) is 10.0. The van der Waals surface area contributed by atoms with E-state index in [1.807, 2.05) is 71.9 Å². The number of Topliss-reactive ketones (excluding diaryl/α,β-unsaturated/α-hetero) is 3. The third-order valence-electron chi connectivity index (χ3n) is 10.0. The predicted molar refractivity (Wildman–Crippen MR) is 206 cm³/mol. The fraction of sp³-hybridized carbons (Fsp3) is 0.558. The number of nitrogens with one attached hydrogen (secondary N) is 1. The first kappa shape index (κ1) is 43.7. The first-order valence-corrected chi connectivity index (χ1v) is 19.1. The van der Waals surface area contributed by atoms with Crippen LogP contribution in [0.3, 0.4) is 0 Å². The van der Waals surface area contributed by atoms with Crippen LogP contribution in [0, 0.1) is 23.2 Å². The molecule has 1 aliphatic rings. The van der Waals surface area contributed by atoms with Crippen molar-refractivity contribution in [1.82, 2.24) is 15.1 Å². The van der Waals surface area contributed by atoms with Gasteiger partial charge in [-0.25, -0.2) is 0 Å². The van der Waals surface area contributed by atoms with Gasteiger partial charge >= 0.3 is 5.97 Å². The van der Waals surface area contributed by atoms with Crippen LogP contribution in [0.25, 0.3) is 0 Å². The monoisotopic (exact) mass is 745 g/mol. The molecule has 0 aliphatic carbocycles. The van der Waals surface area contributed by atoms with Crippen molar-refractivity contribution in [3.05, 3.63) is 71.8 Å². The van der Waals surface area contributed by atoms with Gasteiger partial charge in [-0.15, -0.1) is 0 Å². The highest BCUT2D eigenvalue weighted by molar-refractivity contribution is 6.38. The zero-order valence-electron chi connectivity index (χ0n) is 33.3. The second-order valence-electron chi connectivity index (χ2n) is 16.0. The number of likely N-dealkylation sites (tertiary alicyclic amines) is 1. The Kier molecular flexibility index (Phi) is 16.3. The molecule has 0 saturated carbocycles. The first-order chi connectivity index (χ1) is 25.4. The normalized spacial score (nSPS) is 17.2. The largest absolute Gasteiger partial charge is 0.465 e. The van der Waals surface area contributed by atoms with Crippen LogP contribution in [-0.2, 0) is 38.3 Å². The summed E-state index contributed by atoms with van der Waals surface area (Å²) in [6, 6.07) is 16.4. The Morgan fingerprint density at radius 2 is 1.46 bits per heavy atom. The minimum absolute atomic E-state index is 0.129. The maximum Gasteiger partial charge on any atom is 0.306 e. The lowest BCUT2D eigenvalue weighted by molar-refractivity contribution is -0.151. The molecule has 5 atom stereocenters. The average molecular weight is 746 g/mol. The van der Waals surface area contributed by atoms with E-state index in [-0.39, 0.29) is 68.1 Å². The molecule has 294 valence electrons. The Morgan fingerprint density at radius 3 is 2.02 bits per heavy atom. The summed E-state index contributed by atoms with van der Waals surface area (Å²) in [5.41, 5.74) is 1.06. The number of esters is 1. The van der Waals surface area contributed by atoms with Crippen LogP contribution in [0.5, 0.6) is 0 Å². The Bertz CT molecular complexity index is 1620. The topological polar surface area (TPSA) is 147 Å². The van der Waals surface area contributed by atoms with Gasteiger partial charge < -0.3 is 19.9 Å². The van der Waals surface area contributed by atoms with Crippen LogP contribution >= 0.6 is 0 Å². The molecular formula is C43H59N3O8. The van der Waals surface area contributed by atoms with E-state index in [9.17, 15) is 33.6 Å². The number of carbonyl (C=O) groups excluding carboxylic acids is 7. The predicted octanol–water partition coefficient (Wildman–Crippen LogP) is 5.86. The Morgan fingerprint density at radius 1 is 0.870 bits per heavy atom. The van der Waals surface area contributed by atoms with Gasteiger partial charge in [-0.3, -0.25) is 33.6 Å². The Balaban J connectivity index is 1.75. The van der Waals surface area contributed by atoms with Gasteiger partial charge in [-0.2, -0.15) is 0 Å². The first-order valence-electron chi connectivity index (χ1n) is 19.1. The summed E-state index contributed by atoms with van der Waals surface area (Å²) in [6.45, 7) is 12.1. The van der Waals surface area contributed by atoms with Gasteiger partial charge in [0.1, 0.15) is 6.04 Å². The molecule has 1 aliphatic heterocycles. The van der Waals surface area contributed by atoms with Crippen LogP contribution in [0.4, 0.5) is 0 Å². The zero-order chi connectivity index (χ0) is 40.2. The lowest BCUT2D eigenvalue weighted by Crippen LogP contribution is -2.46. The fourth-order valence-corrected chi connectivity index (χ4v) is 7.02. The number of likely N-dealkylation sites (N-methyl/N-ethyl adjacent to an activating group) is 1. The molecule has 2 unspecified atom stereocenters. The number of ketones is 3. The molecule has 1 fully saturated rings. The highest BCUT2D eigenvalue weighted by atomic mass is 16.5. The van der Waals surface area contributed by atoms with Gasteiger partial charge in [0.05, 0.1) is 25.0 Å². The quantitative estimate of drug-likeness (QED) is 0.131. The van der Waals surface area contributed by atoms with Crippen molar-refractivity contribution >= 4 is 41.0 Å². The number of carbonyl (C=O) groups is 7. The minimum Gasteiger partial charge on any atom is -0.465 e. The summed E-state index contributed by atoms with van der Waals surface area (Å²) in [5.74, 6) is -5.40. The van der Waals surface area contributed by atoms with E-state index in [2.05, 4.69) is 5.32 Å². The lowest BCUT2D eigenvalue weighted by Gasteiger charge is -2.32. The van der Waals surface area contributed by atoms with Crippen molar-refractivity contribution in [2.45, 2.75) is 104 Å². The molecule has 0 radical (unpaired) electrons. The van der Waals surface area contributed by atoms with Gasteiger partial charge in [0, 0.05) is 45.8 Å². The van der Waals surface area contributed by atoms with Crippen LogP contribution in [0.15, 0.2) is 60.7 Å².